The molecule has 1 saturated heterocycles. The maximum absolute atomic E-state index is 13.6. The molecule has 2 amide bonds. The number of ether oxygens (including phenoxy) is 2. The second-order valence-electron chi connectivity index (χ2n) is 11.6. The van der Waals surface area contributed by atoms with Crippen LogP contribution in [-0.4, -0.2) is 54.0 Å². The summed E-state index contributed by atoms with van der Waals surface area (Å²) in [5, 5.41) is 20.2. The zero-order chi connectivity index (χ0) is 32.2. The minimum atomic E-state index is -1.09. The summed E-state index contributed by atoms with van der Waals surface area (Å²) in [5.41, 5.74) is 3.37. The Morgan fingerprint density at radius 3 is 2.49 bits per heavy atom. The van der Waals surface area contributed by atoms with E-state index < -0.39 is 23.9 Å². The number of pyridine rings is 1. The molecule has 3 aromatic heterocycles. The van der Waals surface area contributed by atoms with Crippen molar-refractivity contribution < 1.29 is 29.0 Å². The molecule has 0 radical (unpaired) electrons. The van der Waals surface area contributed by atoms with E-state index in [1.165, 1.54) is 12.1 Å². The Labute approximate surface area is 267 Å². The smallest absolute Gasteiger partial charge is 0.335 e. The predicted molar refractivity (Wildman–Crippen MR) is 171 cm³/mol. The average molecular weight is 629 g/mol. The Morgan fingerprint density at radius 1 is 0.979 bits per heavy atom. The monoisotopic (exact) mass is 628 g/mol. The Bertz CT molecular complexity index is 2180. The van der Waals surface area contributed by atoms with E-state index in [1.807, 2.05) is 42.2 Å². The number of imide groups is 1. The number of aromatic nitrogens is 5. The number of carboxylic acid groups (broad SMARTS) is 1. The second-order valence-corrected chi connectivity index (χ2v) is 11.6. The highest BCUT2D eigenvalue weighted by Gasteiger charge is 2.39. The molecule has 0 saturated carbocycles. The molecule has 2 aliphatic heterocycles. The number of amides is 2. The molecule has 12 heteroatoms. The lowest BCUT2D eigenvalue weighted by Crippen LogP contribution is -2.31. The van der Waals surface area contributed by atoms with Gasteiger partial charge < -0.3 is 14.6 Å². The van der Waals surface area contributed by atoms with Crippen LogP contribution >= 0.6 is 0 Å². The summed E-state index contributed by atoms with van der Waals surface area (Å²) < 4.78 is 16.3. The number of aromatic carboxylic acids is 1. The minimum Gasteiger partial charge on any atom is -0.482 e. The van der Waals surface area contributed by atoms with Crippen molar-refractivity contribution in [2.24, 2.45) is 0 Å². The van der Waals surface area contributed by atoms with E-state index in [0.717, 1.165) is 46.3 Å². The van der Waals surface area contributed by atoms with Crippen LogP contribution in [0.4, 0.5) is 5.82 Å². The van der Waals surface area contributed by atoms with Gasteiger partial charge in [0, 0.05) is 35.3 Å². The normalized spacial score (nSPS) is 17.0. The first-order valence-electron chi connectivity index (χ1n) is 15.3. The van der Waals surface area contributed by atoms with Crippen LogP contribution in [-0.2, 0) is 4.74 Å². The van der Waals surface area contributed by atoms with Gasteiger partial charge in [0.2, 0.25) is 0 Å². The lowest BCUT2D eigenvalue weighted by atomic mass is 10.0. The number of carbonyl (C=O) groups excluding carboxylic acids is 2. The lowest BCUT2D eigenvalue weighted by Gasteiger charge is -2.25. The number of benzene rings is 3. The van der Waals surface area contributed by atoms with Crippen LogP contribution in [0.2, 0.25) is 0 Å². The first kappa shape index (κ1) is 28.6. The number of carboxylic acids is 1. The Hall–Kier alpha value is -5.88. The van der Waals surface area contributed by atoms with Crippen LogP contribution in [0.25, 0.3) is 27.5 Å². The highest BCUT2D eigenvalue weighted by atomic mass is 16.5. The molecular weight excluding hydrogens is 600 g/mol. The summed E-state index contributed by atoms with van der Waals surface area (Å²) in [6.07, 6.45) is 7.39. The summed E-state index contributed by atoms with van der Waals surface area (Å²) in [6.45, 7) is 2.53. The van der Waals surface area contributed by atoms with E-state index in [-0.39, 0.29) is 34.5 Å². The topological polar surface area (TPSA) is 142 Å². The summed E-state index contributed by atoms with van der Waals surface area (Å²) in [4.78, 5) is 44.7. The quantitative estimate of drug-likeness (QED) is 0.207. The van der Waals surface area contributed by atoms with Crippen LogP contribution in [0.3, 0.4) is 0 Å². The van der Waals surface area contributed by atoms with Gasteiger partial charge in [0.15, 0.2) is 17.8 Å². The van der Waals surface area contributed by atoms with Gasteiger partial charge in [-0.3, -0.25) is 9.59 Å². The summed E-state index contributed by atoms with van der Waals surface area (Å²) in [7, 11) is 0. The molecule has 6 aromatic rings. The van der Waals surface area contributed by atoms with Crippen LogP contribution < -0.4 is 9.64 Å². The van der Waals surface area contributed by atoms with Gasteiger partial charge in [-0.15, -0.1) is 0 Å². The van der Waals surface area contributed by atoms with Gasteiger partial charge in [0.1, 0.15) is 6.10 Å². The number of hydrogen-bond donors (Lipinski definition) is 1. The summed E-state index contributed by atoms with van der Waals surface area (Å²) >= 11 is 0. The largest absolute Gasteiger partial charge is 0.482 e. The Balaban J connectivity index is 1.27. The number of hydrogen-bond acceptors (Lipinski definition) is 8. The third kappa shape index (κ3) is 4.81. The first-order chi connectivity index (χ1) is 22.9. The minimum absolute atomic E-state index is 0.0148. The van der Waals surface area contributed by atoms with Crippen molar-refractivity contribution in [1.82, 2.24) is 24.5 Å². The van der Waals surface area contributed by atoms with E-state index in [9.17, 15) is 19.5 Å². The number of carbonyl (C=O) groups is 3. The molecule has 0 bridgehead atoms. The molecule has 12 nitrogen and oxygen atoms in total. The Morgan fingerprint density at radius 2 is 1.79 bits per heavy atom. The fourth-order valence-corrected chi connectivity index (χ4v) is 6.34. The van der Waals surface area contributed by atoms with Crippen LogP contribution in [0.5, 0.6) is 5.75 Å². The molecule has 8 rings (SSSR count). The third-order valence-electron chi connectivity index (χ3n) is 8.68. The SMILES string of the molecule is CC(Oc1cc2cc(C(=O)O)ccc2nc1N1C(=O)c2ccccc2C1=O)c1cc2c(cnn2C2CCCCO2)cc1-n1cccn1. The zero-order valence-corrected chi connectivity index (χ0v) is 25.2. The van der Waals surface area contributed by atoms with Gasteiger partial charge >= 0.3 is 5.97 Å². The van der Waals surface area contributed by atoms with Crippen molar-refractivity contribution in [2.75, 3.05) is 11.5 Å². The molecule has 234 valence electrons. The van der Waals surface area contributed by atoms with Crippen molar-refractivity contribution in [3.8, 4) is 11.4 Å². The number of rotatable bonds is 7. The predicted octanol–water partition coefficient (Wildman–Crippen LogP) is 6.11. The van der Waals surface area contributed by atoms with Crippen molar-refractivity contribution in [1.29, 1.82) is 0 Å². The zero-order valence-electron chi connectivity index (χ0n) is 25.2. The Kier molecular flexibility index (Phi) is 6.80. The molecule has 2 atom stereocenters. The molecular formula is C35H28N6O6. The van der Waals surface area contributed by atoms with E-state index >= 15 is 0 Å². The highest BCUT2D eigenvalue weighted by molar-refractivity contribution is 6.34. The van der Waals surface area contributed by atoms with Gasteiger partial charge in [-0.05, 0) is 80.8 Å². The maximum atomic E-state index is 13.6. The van der Waals surface area contributed by atoms with Crippen LogP contribution in [0, 0.1) is 0 Å². The molecule has 0 aliphatic carbocycles. The van der Waals surface area contributed by atoms with Gasteiger partial charge in [0.05, 0.1) is 39.6 Å². The van der Waals surface area contributed by atoms with E-state index in [4.69, 9.17) is 14.5 Å². The molecule has 0 spiro atoms. The number of nitrogens with zero attached hydrogens (tertiary/aromatic N) is 6. The first-order valence-corrected chi connectivity index (χ1v) is 15.3. The maximum Gasteiger partial charge on any atom is 0.335 e. The molecule has 1 N–H and O–H groups in total. The molecule has 3 aromatic carbocycles. The van der Waals surface area contributed by atoms with E-state index in [0.29, 0.717) is 17.5 Å². The average Bonchev–Trinajstić information content (AvgIpc) is 3.83. The molecule has 2 aliphatic rings. The fourth-order valence-electron chi connectivity index (χ4n) is 6.34. The van der Waals surface area contributed by atoms with Gasteiger partial charge in [0.25, 0.3) is 11.8 Å². The summed E-state index contributed by atoms with van der Waals surface area (Å²) in [6, 6.07) is 18.5. The van der Waals surface area contributed by atoms with E-state index in [1.54, 1.807) is 47.3 Å². The number of fused-ring (bicyclic) bond motifs is 3. The number of anilines is 1. The van der Waals surface area contributed by atoms with Crippen LogP contribution in [0.15, 0.2) is 85.3 Å². The van der Waals surface area contributed by atoms with Crippen molar-refractivity contribution in [2.45, 2.75) is 38.5 Å². The standard InChI is InChI=1S/C35H28N6O6/c1-20(26-18-28-23(16-29(26)39-13-6-12-36-39)19-37-41(28)31-9-4-5-14-46-31)47-30-17-22-15-21(35(44)45)10-11-27(22)38-32(30)40-33(42)24-7-2-3-8-25(24)34(40)43/h2-3,6-8,10-13,15-20,31H,4-5,9,14H2,1H3,(H,44,45). The molecule has 2 unspecified atom stereocenters. The van der Waals surface area contributed by atoms with Gasteiger partial charge in [-0.2, -0.15) is 10.2 Å². The summed E-state index contributed by atoms with van der Waals surface area (Å²) in [5.74, 6) is -1.99. The third-order valence-corrected chi connectivity index (χ3v) is 8.68. The second kappa shape index (κ2) is 11.2. The van der Waals surface area contributed by atoms with E-state index in [2.05, 4.69) is 10.2 Å². The van der Waals surface area contributed by atoms with Gasteiger partial charge in [-0.25, -0.2) is 24.0 Å². The highest BCUT2D eigenvalue weighted by Crippen LogP contribution is 2.39. The molecule has 1 fully saturated rings. The molecule has 5 heterocycles. The van der Waals surface area contributed by atoms with Crippen molar-refractivity contribution in [3.05, 3.63) is 108 Å². The lowest BCUT2D eigenvalue weighted by molar-refractivity contribution is -0.0366. The fraction of sp³-hybridized carbons (Fsp3) is 0.200. The van der Waals surface area contributed by atoms with Crippen molar-refractivity contribution >= 4 is 45.4 Å². The van der Waals surface area contributed by atoms with Crippen LogP contribution in [0.1, 0.15) is 75.2 Å². The van der Waals surface area contributed by atoms with Gasteiger partial charge in [-0.1, -0.05) is 12.1 Å². The molecule has 47 heavy (non-hydrogen) atoms. The van der Waals surface area contributed by atoms with Crippen molar-refractivity contribution in [3.63, 3.8) is 0 Å².